The largest absolute Gasteiger partial charge is 0.326 e. The summed E-state index contributed by atoms with van der Waals surface area (Å²) in [5.41, 5.74) is 9.34. The van der Waals surface area contributed by atoms with Gasteiger partial charge in [-0.25, -0.2) is 0 Å². The van der Waals surface area contributed by atoms with E-state index in [1.165, 1.54) is 11.1 Å². The Bertz CT molecular complexity index is 638. The van der Waals surface area contributed by atoms with E-state index in [0.717, 1.165) is 44.1 Å². The molecule has 0 aliphatic heterocycles. The monoisotopic (exact) mass is 337 g/mol. The second kappa shape index (κ2) is 9.53. The molecule has 2 aromatic carbocycles. The lowest BCUT2D eigenvalue weighted by molar-refractivity contribution is 0.0979. The summed E-state index contributed by atoms with van der Waals surface area (Å²) in [5, 5.41) is 0. The average molecular weight is 338 g/mol. The van der Waals surface area contributed by atoms with Crippen LogP contribution in [0.15, 0.2) is 54.6 Å². The zero-order valence-electron chi connectivity index (χ0n) is 15.6. The van der Waals surface area contributed by atoms with Crippen LogP contribution < -0.4 is 5.73 Å². The van der Waals surface area contributed by atoms with Crippen molar-refractivity contribution >= 4 is 5.78 Å². The van der Waals surface area contributed by atoms with E-state index in [2.05, 4.69) is 36.4 Å². The van der Waals surface area contributed by atoms with E-state index in [-0.39, 0.29) is 11.3 Å². The Hall–Kier alpha value is -1.93. The first-order valence-corrected chi connectivity index (χ1v) is 9.39. The van der Waals surface area contributed by atoms with Crippen molar-refractivity contribution in [2.45, 2.75) is 64.3 Å². The van der Waals surface area contributed by atoms with Crippen LogP contribution >= 0.6 is 0 Å². The maximum absolute atomic E-state index is 12.3. The van der Waals surface area contributed by atoms with Gasteiger partial charge in [0.15, 0.2) is 5.78 Å². The number of carbonyl (C=O) groups excluding carboxylic acids is 1. The summed E-state index contributed by atoms with van der Waals surface area (Å²) in [6.07, 6.45) is 6.86. The lowest BCUT2D eigenvalue weighted by atomic mass is 9.95. The number of aryl methyl sites for hydroxylation is 2. The van der Waals surface area contributed by atoms with E-state index in [0.29, 0.717) is 6.42 Å². The lowest BCUT2D eigenvalue weighted by Gasteiger charge is -2.18. The molecule has 134 valence electrons. The predicted molar refractivity (Wildman–Crippen MR) is 106 cm³/mol. The van der Waals surface area contributed by atoms with Gasteiger partial charge in [0.25, 0.3) is 0 Å². The maximum atomic E-state index is 12.3. The Morgan fingerprint density at radius 2 is 1.48 bits per heavy atom. The van der Waals surface area contributed by atoms with Crippen molar-refractivity contribution in [2.24, 2.45) is 5.73 Å². The normalized spacial score (nSPS) is 11.5. The summed E-state index contributed by atoms with van der Waals surface area (Å²) in [6, 6.07) is 18.6. The lowest BCUT2D eigenvalue weighted by Crippen LogP contribution is -2.32. The Morgan fingerprint density at radius 1 is 0.840 bits per heavy atom. The molecule has 2 N–H and O–H groups in total. The van der Waals surface area contributed by atoms with Crippen molar-refractivity contribution in [1.82, 2.24) is 0 Å². The van der Waals surface area contributed by atoms with Crippen LogP contribution in [0.1, 0.15) is 67.4 Å². The third kappa shape index (κ3) is 7.66. The topological polar surface area (TPSA) is 43.1 Å². The highest BCUT2D eigenvalue weighted by Crippen LogP contribution is 2.14. The molecule has 0 aromatic heterocycles. The third-order valence-corrected chi connectivity index (χ3v) is 4.55. The van der Waals surface area contributed by atoms with Crippen LogP contribution in [0.25, 0.3) is 0 Å². The second-order valence-electron chi connectivity index (χ2n) is 7.65. The van der Waals surface area contributed by atoms with Crippen molar-refractivity contribution in [3.63, 3.8) is 0 Å². The number of hydrogen-bond donors (Lipinski definition) is 1. The van der Waals surface area contributed by atoms with Crippen LogP contribution in [0.2, 0.25) is 0 Å². The number of hydrogen-bond acceptors (Lipinski definition) is 2. The second-order valence-corrected chi connectivity index (χ2v) is 7.65. The fourth-order valence-electron chi connectivity index (χ4n) is 2.90. The number of Topliss-reactive ketones (excluding diaryl/α,β-unsaturated/α-hetero) is 1. The quantitative estimate of drug-likeness (QED) is 0.469. The summed E-state index contributed by atoms with van der Waals surface area (Å²) in [4.78, 5) is 12.3. The van der Waals surface area contributed by atoms with E-state index < -0.39 is 0 Å². The van der Waals surface area contributed by atoms with Crippen molar-refractivity contribution in [3.05, 3.63) is 71.3 Å². The molecule has 2 aromatic rings. The highest BCUT2D eigenvalue weighted by Gasteiger charge is 2.11. The van der Waals surface area contributed by atoms with Gasteiger partial charge in [0.2, 0.25) is 0 Å². The molecule has 2 rings (SSSR count). The molecule has 0 bridgehead atoms. The van der Waals surface area contributed by atoms with Crippen molar-refractivity contribution in [1.29, 1.82) is 0 Å². The molecule has 25 heavy (non-hydrogen) atoms. The zero-order valence-corrected chi connectivity index (χ0v) is 15.6. The minimum atomic E-state index is -0.145. The molecule has 0 atom stereocenters. The zero-order chi connectivity index (χ0) is 18.1. The van der Waals surface area contributed by atoms with E-state index in [9.17, 15) is 4.79 Å². The van der Waals surface area contributed by atoms with E-state index in [1.54, 1.807) is 0 Å². The van der Waals surface area contributed by atoms with Crippen molar-refractivity contribution < 1.29 is 4.79 Å². The van der Waals surface area contributed by atoms with E-state index in [1.807, 2.05) is 32.0 Å². The maximum Gasteiger partial charge on any atom is 0.162 e. The molecule has 0 heterocycles. The molecule has 0 amide bonds. The molecule has 0 unspecified atom stereocenters. The summed E-state index contributed by atoms with van der Waals surface area (Å²) in [5.74, 6) is 0.255. The van der Waals surface area contributed by atoms with Gasteiger partial charge >= 0.3 is 0 Å². The van der Waals surface area contributed by atoms with Crippen LogP contribution in [0, 0.1) is 0 Å². The first-order chi connectivity index (χ1) is 11.9. The molecule has 2 heteroatoms. The van der Waals surface area contributed by atoms with Gasteiger partial charge in [-0.3, -0.25) is 4.79 Å². The van der Waals surface area contributed by atoms with Gasteiger partial charge in [-0.15, -0.1) is 0 Å². The fourth-order valence-corrected chi connectivity index (χ4v) is 2.90. The predicted octanol–water partition coefficient (Wildman–Crippen LogP) is 5.34. The summed E-state index contributed by atoms with van der Waals surface area (Å²) in [7, 11) is 0. The van der Waals surface area contributed by atoms with E-state index >= 15 is 0 Å². The highest BCUT2D eigenvalue weighted by atomic mass is 16.1. The molecule has 0 spiro atoms. The molecule has 0 saturated heterocycles. The molecule has 2 nitrogen and oxygen atoms in total. The molecule has 0 aliphatic carbocycles. The molecule has 0 fully saturated rings. The standard InChI is InChI=1S/C23H31NO/c1-23(2,24)18-17-20-13-15-21(16-14-20)22(25)12-8-4-7-11-19-9-5-3-6-10-19/h3,5-6,9-10,13-16H,4,7-8,11-12,17-18,24H2,1-2H3. The molecular weight excluding hydrogens is 306 g/mol. The highest BCUT2D eigenvalue weighted by molar-refractivity contribution is 5.96. The molecule has 0 radical (unpaired) electrons. The Kier molecular flexibility index (Phi) is 7.39. The van der Waals surface area contributed by atoms with Gasteiger partial charge in [-0.05, 0) is 57.1 Å². The SMILES string of the molecule is CC(C)(N)CCc1ccc(C(=O)CCCCCc2ccccc2)cc1. The van der Waals surface area contributed by atoms with Gasteiger partial charge in [0.1, 0.15) is 0 Å². The molecule has 0 aliphatic rings. The molecular formula is C23H31NO. The average Bonchev–Trinajstić information content (AvgIpc) is 2.60. The number of ketones is 1. The Morgan fingerprint density at radius 3 is 2.12 bits per heavy atom. The minimum Gasteiger partial charge on any atom is -0.326 e. The van der Waals surface area contributed by atoms with Gasteiger partial charge < -0.3 is 5.73 Å². The third-order valence-electron chi connectivity index (χ3n) is 4.55. The van der Waals surface area contributed by atoms with Gasteiger partial charge in [0, 0.05) is 17.5 Å². The minimum absolute atomic E-state index is 0.145. The van der Waals surface area contributed by atoms with Gasteiger partial charge in [-0.1, -0.05) is 61.0 Å². The summed E-state index contributed by atoms with van der Waals surface area (Å²) >= 11 is 0. The number of carbonyl (C=O) groups is 1. The Labute approximate surface area is 152 Å². The summed E-state index contributed by atoms with van der Waals surface area (Å²) in [6.45, 7) is 4.09. The van der Waals surface area contributed by atoms with Crippen LogP contribution in [0.4, 0.5) is 0 Å². The first kappa shape index (κ1) is 19.4. The van der Waals surface area contributed by atoms with Crippen molar-refractivity contribution in [3.8, 4) is 0 Å². The van der Waals surface area contributed by atoms with Crippen LogP contribution in [-0.4, -0.2) is 11.3 Å². The summed E-state index contributed by atoms with van der Waals surface area (Å²) < 4.78 is 0. The Balaban J connectivity index is 1.68. The first-order valence-electron chi connectivity index (χ1n) is 9.39. The number of rotatable bonds is 10. The molecule has 0 saturated carbocycles. The van der Waals surface area contributed by atoms with Gasteiger partial charge in [-0.2, -0.15) is 0 Å². The van der Waals surface area contributed by atoms with Crippen LogP contribution in [0.3, 0.4) is 0 Å². The number of nitrogens with two attached hydrogens (primary N) is 1. The fraction of sp³-hybridized carbons (Fsp3) is 0.435. The van der Waals surface area contributed by atoms with E-state index in [4.69, 9.17) is 5.73 Å². The van der Waals surface area contributed by atoms with Crippen LogP contribution in [-0.2, 0) is 12.8 Å². The number of benzene rings is 2. The van der Waals surface area contributed by atoms with Crippen LogP contribution in [0.5, 0.6) is 0 Å². The smallest absolute Gasteiger partial charge is 0.162 e. The number of unbranched alkanes of at least 4 members (excludes halogenated alkanes) is 2. The van der Waals surface area contributed by atoms with Gasteiger partial charge in [0.05, 0.1) is 0 Å². The van der Waals surface area contributed by atoms with Crippen molar-refractivity contribution in [2.75, 3.05) is 0 Å².